The van der Waals surface area contributed by atoms with Gasteiger partial charge in [-0.15, -0.1) is 0 Å². The second-order valence-corrected chi connectivity index (χ2v) is 7.56. The van der Waals surface area contributed by atoms with Gasteiger partial charge in [-0.3, -0.25) is 9.48 Å². The van der Waals surface area contributed by atoms with Crippen LogP contribution in [0.25, 0.3) is 11.3 Å². The van der Waals surface area contributed by atoms with Crippen molar-refractivity contribution in [2.75, 3.05) is 5.32 Å². The Morgan fingerprint density at radius 3 is 2.73 bits per heavy atom. The van der Waals surface area contributed by atoms with Crippen molar-refractivity contribution in [1.29, 1.82) is 5.26 Å². The standard InChI is InChI=1S/C22H23N7O/c23-11-17(15-3-1-2-4-15)13-29-14-18(12-26-29)20-9-10-25-22(28-20)27-19-7-5-16(6-8-19)21(24)30/h5-10,12,14-15,17H,1-4,13H2,(H2,24,30)(H,25,27,28). The predicted molar refractivity (Wildman–Crippen MR) is 113 cm³/mol. The summed E-state index contributed by atoms with van der Waals surface area (Å²) >= 11 is 0. The highest BCUT2D eigenvalue weighted by Crippen LogP contribution is 2.32. The number of aromatic nitrogens is 4. The second kappa shape index (κ2) is 8.74. The molecule has 1 aliphatic carbocycles. The van der Waals surface area contributed by atoms with E-state index < -0.39 is 5.91 Å². The van der Waals surface area contributed by atoms with Crippen molar-refractivity contribution < 1.29 is 4.79 Å². The molecule has 152 valence electrons. The van der Waals surface area contributed by atoms with Crippen LogP contribution in [0.1, 0.15) is 36.0 Å². The highest BCUT2D eigenvalue weighted by Gasteiger charge is 2.25. The number of nitrogens with two attached hydrogens (primary N) is 1. The molecule has 30 heavy (non-hydrogen) atoms. The Hall–Kier alpha value is -3.73. The molecular weight excluding hydrogens is 378 g/mol. The first kappa shape index (κ1) is 19.6. The Bertz CT molecular complexity index is 1060. The molecule has 2 heterocycles. The number of hydrogen-bond donors (Lipinski definition) is 2. The third kappa shape index (κ3) is 4.46. The third-order valence-corrected chi connectivity index (χ3v) is 5.53. The lowest BCUT2D eigenvalue weighted by Gasteiger charge is -2.15. The number of carbonyl (C=O) groups excluding carboxylic acids is 1. The zero-order valence-electron chi connectivity index (χ0n) is 16.5. The van der Waals surface area contributed by atoms with E-state index in [9.17, 15) is 10.1 Å². The molecule has 3 aromatic rings. The lowest BCUT2D eigenvalue weighted by molar-refractivity contribution is 0.100. The summed E-state index contributed by atoms with van der Waals surface area (Å²) in [6.07, 6.45) is 10.1. The van der Waals surface area contributed by atoms with Gasteiger partial charge in [-0.05, 0) is 49.1 Å². The van der Waals surface area contributed by atoms with E-state index in [2.05, 4.69) is 26.5 Å². The van der Waals surface area contributed by atoms with Gasteiger partial charge in [0.25, 0.3) is 0 Å². The number of nitrogens with one attached hydrogen (secondary N) is 1. The molecule has 1 atom stereocenters. The molecule has 0 aliphatic heterocycles. The Kier molecular flexibility index (Phi) is 5.70. The number of amides is 1. The number of anilines is 2. The highest BCUT2D eigenvalue weighted by atomic mass is 16.1. The largest absolute Gasteiger partial charge is 0.366 e. The Balaban J connectivity index is 1.46. The van der Waals surface area contributed by atoms with Gasteiger partial charge >= 0.3 is 0 Å². The fourth-order valence-corrected chi connectivity index (χ4v) is 3.88. The fraction of sp³-hybridized carbons (Fsp3) is 0.318. The molecule has 3 N–H and O–H groups in total. The zero-order chi connectivity index (χ0) is 20.9. The van der Waals surface area contributed by atoms with Gasteiger partial charge in [-0.25, -0.2) is 9.97 Å². The van der Waals surface area contributed by atoms with Crippen LogP contribution < -0.4 is 11.1 Å². The quantitative estimate of drug-likeness (QED) is 0.624. The average Bonchev–Trinajstić information content (AvgIpc) is 3.45. The average molecular weight is 401 g/mol. The van der Waals surface area contributed by atoms with E-state index in [1.807, 2.05) is 16.9 Å². The number of carbonyl (C=O) groups is 1. The molecule has 1 saturated carbocycles. The molecular formula is C22H23N7O. The maximum Gasteiger partial charge on any atom is 0.248 e. The highest BCUT2D eigenvalue weighted by molar-refractivity contribution is 5.93. The number of primary amides is 1. The van der Waals surface area contributed by atoms with Gasteiger partial charge in [0.1, 0.15) is 0 Å². The summed E-state index contributed by atoms with van der Waals surface area (Å²) in [7, 11) is 0. The number of nitriles is 1. The molecule has 0 saturated heterocycles. The van der Waals surface area contributed by atoms with Crippen LogP contribution in [-0.4, -0.2) is 25.7 Å². The van der Waals surface area contributed by atoms with E-state index in [1.165, 1.54) is 12.8 Å². The van der Waals surface area contributed by atoms with Gasteiger partial charge in [-0.1, -0.05) is 12.8 Å². The smallest absolute Gasteiger partial charge is 0.248 e. The summed E-state index contributed by atoms with van der Waals surface area (Å²) < 4.78 is 1.83. The van der Waals surface area contributed by atoms with E-state index in [0.717, 1.165) is 29.8 Å². The second-order valence-electron chi connectivity index (χ2n) is 7.56. The minimum Gasteiger partial charge on any atom is -0.366 e. The first-order valence-electron chi connectivity index (χ1n) is 10.0. The minimum absolute atomic E-state index is 0.00810. The molecule has 1 fully saturated rings. The van der Waals surface area contributed by atoms with Gasteiger partial charge in [0.15, 0.2) is 0 Å². The first-order chi connectivity index (χ1) is 14.6. The Morgan fingerprint density at radius 2 is 2.03 bits per heavy atom. The fourth-order valence-electron chi connectivity index (χ4n) is 3.88. The molecule has 2 aromatic heterocycles. The van der Waals surface area contributed by atoms with Crippen molar-refractivity contribution in [3.8, 4) is 17.3 Å². The summed E-state index contributed by atoms with van der Waals surface area (Å²) in [4.78, 5) is 20.0. The molecule has 1 aromatic carbocycles. The lowest BCUT2D eigenvalue weighted by Crippen LogP contribution is -2.17. The summed E-state index contributed by atoms with van der Waals surface area (Å²) in [5, 5.41) is 17.1. The van der Waals surface area contributed by atoms with Crippen LogP contribution >= 0.6 is 0 Å². The van der Waals surface area contributed by atoms with Crippen molar-refractivity contribution in [2.24, 2.45) is 17.6 Å². The normalized spacial score (nSPS) is 14.9. The summed E-state index contributed by atoms with van der Waals surface area (Å²) in [6.45, 7) is 0.601. The van der Waals surface area contributed by atoms with Crippen molar-refractivity contribution >= 4 is 17.5 Å². The summed E-state index contributed by atoms with van der Waals surface area (Å²) in [5.74, 6) is 0.431. The maximum absolute atomic E-state index is 11.2. The number of nitrogens with zero attached hydrogens (tertiary/aromatic N) is 5. The minimum atomic E-state index is -0.469. The van der Waals surface area contributed by atoms with Crippen LogP contribution in [-0.2, 0) is 6.54 Å². The van der Waals surface area contributed by atoms with Crippen LogP contribution in [0.15, 0.2) is 48.9 Å². The van der Waals surface area contributed by atoms with Crippen LogP contribution in [0.4, 0.5) is 11.6 Å². The molecule has 0 spiro atoms. The SMILES string of the molecule is N#CC(Cn1cc(-c2ccnc(Nc3ccc(C(N)=O)cc3)n2)cn1)C1CCCC1. The molecule has 4 rings (SSSR count). The monoisotopic (exact) mass is 401 g/mol. The van der Waals surface area contributed by atoms with Crippen molar-refractivity contribution in [1.82, 2.24) is 19.7 Å². The van der Waals surface area contributed by atoms with E-state index in [4.69, 9.17) is 5.73 Å². The van der Waals surface area contributed by atoms with Crippen LogP contribution in [0.2, 0.25) is 0 Å². The molecule has 1 aliphatic rings. The Morgan fingerprint density at radius 1 is 1.27 bits per heavy atom. The van der Waals surface area contributed by atoms with Crippen LogP contribution in [0, 0.1) is 23.2 Å². The zero-order valence-corrected chi connectivity index (χ0v) is 16.5. The van der Waals surface area contributed by atoms with Gasteiger partial charge in [0.05, 0.1) is 30.4 Å². The van der Waals surface area contributed by atoms with E-state index in [0.29, 0.717) is 24.0 Å². The third-order valence-electron chi connectivity index (χ3n) is 5.53. The number of hydrogen-bond acceptors (Lipinski definition) is 6. The van der Waals surface area contributed by atoms with E-state index in [-0.39, 0.29) is 5.92 Å². The van der Waals surface area contributed by atoms with Gasteiger partial charge in [0.2, 0.25) is 11.9 Å². The van der Waals surface area contributed by atoms with E-state index in [1.54, 1.807) is 36.7 Å². The molecule has 8 heteroatoms. The Labute approximate surface area is 174 Å². The first-order valence-corrected chi connectivity index (χ1v) is 10.0. The topological polar surface area (TPSA) is 123 Å². The maximum atomic E-state index is 11.2. The number of rotatable bonds is 7. The molecule has 8 nitrogen and oxygen atoms in total. The van der Waals surface area contributed by atoms with Crippen molar-refractivity contribution in [2.45, 2.75) is 32.2 Å². The molecule has 1 unspecified atom stereocenters. The van der Waals surface area contributed by atoms with Crippen LogP contribution in [0.5, 0.6) is 0 Å². The molecule has 1 amide bonds. The molecule has 0 radical (unpaired) electrons. The number of benzene rings is 1. The predicted octanol–water partition coefficient (Wildman–Crippen LogP) is 3.51. The van der Waals surface area contributed by atoms with Gasteiger partial charge < -0.3 is 11.1 Å². The van der Waals surface area contributed by atoms with Crippen LogP contribution in [0.3, 0.4) is 0 Å². The van der Waals surface area contributed by atoms with Gasteiger partial charge in [-0.2, -0.15) is 10.4 Å². The lowest BCUT2D eigenvalue weighted by atomic mass is 9.92. The summed E-state index contributed by atoms with van der Waals surface area (Å²) in [6, 6.07) is 11.1. The van der Waals surface area contributed by atoms with Gasteiger partial charge in [0, 0.05) is 29.2 Å². The van der Waals surface area contributed by atoms with Crippen molar-refractivity contribution in [3.63, 3.8) is 0 Å². The molecule has 0 bridgehead atoms. The van der Waals surface area contributed by atoms with Crippen molar-refractivity contribution in [3.05, 3.63) is 54.5 Å². The summed E-state index contributed by atoms with van der Waals surface area (Å²) in [5.41, 5.74) is 8.07. The van der Waals surface area contributed by atoms with E-state index >= 15 is 0 Å².